The molecule has 0 unspecified atom stereocenters. The number of fused-ring (bicyclic) bond motifs is 1. The van der Waals surface area contributed by atoms with Crippen molar-refractivity contribution >= 4 is 17.0 Å². The van der Waals surface area contributed by atoms with Crippen molar-refractivity contribution in [2.75, 3.05) is 32.7 Å². The normalized spacial score (nSPS) is 21.9. The van der Waals surface area contributed by atoms with Crippen LogP contribution in [0.25, 0.3) is 11.2 Å². The van der Waals surface area contributed by atoms with E-state index >= 15 is 0 Å². The number of aliphatic hydroxyl groups excluding tert-OH is 3. The van der Waals surface area contributed by atoms with Crippen molar-refractivity contribution in [1.82, 2.24) is 19.5 Å². The monoisotopic (exact) mass is 521 g/mol. The minimum absolute atomic E-state index is 0.0762. The summed E-state index contributed by atoms with van der Waals surface area (Å²) in [5.74, 6) is 1.82. The molecule has 0 spiro atoms. The van der Waals surface area contributed by atoms with Crippen molar-refractivity contribution in [3.63, 3.8) is 0 Å². The van der Waals surface area contributed by atoms with Crippen LogP contribution in [-0.2, 0) is 4.74 Å². The molecule has 3 heterocycles. The number of nitrogens with one attached hydrogen (secondary N) is 1. The SMILES string of the molecule is COc1cc(OC)cc([C@H](CNc2ncnc3c2ncn3[C@@H]2O[C@@H](CO)[C@H](O)[C@@H]2O)c2ccccc2C)c1. The molecule has 38 heavy (non-hydrogen) atoms. The Hall–Kier alpha value is -3.77. The fraction of sp³-hybridized carbons (Fsp3) is 0.370. The summed E-state index contributed by atoms with van der Waals surface area (Å²) in [6.45, 7) is 2.14. The second-order valence-corrected chi connectivity index (χ2v) is 9.21. The van der Waals surface area contributed by atoms with Gasteiger partial charge in [-0.15, -0.1) is 0 Å². The van der Waals surface area contributed by atoms with Crippen LogP contribution in [0.3, 0.4) is 0 Å². The molecule has 2 aromatic heterocycles. The average Bonchev–Trinajstić information content (AvgIpc) is 3.50. The van der Waals surface area contributed by atoms with Gasteiger partial charge in [0.2, 0.25) is 0 Å². The van der Waals surface area contributed by atoms with Gasteiger partial charge in [0.15, 0.2) is 23.2 Å². The van der Waals surface area contributed by atoms with E-state index in [0.29, 0.717) is 35.0 Å². The summed E-state index contributed by atoms with van der Waals surface area (Å²) in [5.41, 5.74) is 4.19. The minimum atomic E-state index is -1.25. The van der Waals surface area contributed by atoms with E-state index in [1.54, 1.807) is 14.2 Å². The van der Waals surface area contributed by atoms with E-state index < -0.39 is 31.1 Å². The van der Waals surface area contributed by atoms with Crippen molar-refractivity contribution in [2.24, 2.45) is 0 Å². The lowest BCUT2D eigenvalue weighted by Gasteiger charge is -2.22. The third kappa shape index (κ3) is 4.76. The molecule has 200 valence electrons. The number of rotatable bonds is 9. The predicted octanol–water partition coefficient (Wildman–Crippen LogP) is 2.01. The van der Waals surface area contributed by atoms with Crippen LogP contribution in [0.2, 0.25) is 0 Å². The Bertz CT molecular complexity index is 1390. The lowest BCUT2D eigenvalue weighted by molar-refractivity contribution is -0.0511. The summed E-state index contributed by atoms with van der Waals surface area (Å²) in [5, 5.41) is 33.5. The molecular weight excluding hydrogens is 490 g/mol. The van der Waals surface area contributed by atoms with Gasteiger partial charge in [-0.1, -0.05) is 24.3 Å². The van der Waals surface area contributed by atoms with Gasteiger partial charge in [-0.25, -0.2) is 15.0 Å². The van der Waals surface area contributed by atoms with Crippen LogP contribution >= 0.6 is 0 Å². The number of ether oxygens (including phenoxy) is 3. The fourth-order valence-corrected chi connectivity index (χ4v) is 4.89. The second kappa shape index (κ2) is 10.9. The van der Waals surface area contributed by atoms with Gasteiger partial charge in [0.05, 0.1) is 27.2 Å². The number of anilines is 1. The van der Waals surface area contributed by atoms with Crippen LogP contribution in [0.5, 0.6) is 11.5 Å². The van der Waals surface area contributed by atoms with Crippen molar-refractivity contribution in [3.05, 3.63) is 71.8 Å². The van der Waals surface area contributed by atoms with Gasteiger partial charge < -0.3 is 34.8 Å². The molecule has 5 atom stereocenters. The van der Waals surface area contributed by atoms with E-state index in [0.717, 1.165) is 16.7 Å². The van der Waals surface area contributed by atoms with Crippen molar-refractivity contribution in [1.29, 1.82) is 0 Å². The molecule has 4 N–H and O–H groups in total. The first kappa shape index (κ1) is 25.9. The molecule has 0 saturated carbocycles. The van der Waals surface area contributed by atoms with Crippen LogP contribution in [0.1, 0.15) is 28.8 Å². The number of hydrogen-bond acceptors (Lipinski definition) is 10. The highest BCUT2D eigenvalue weighted by atomic mass is 16.6. The van der Waals surface area contributed by atoms with Crippen molar-refractivity contribution < 1.29 is 29.5 Å². The van der Waals surface area contributed by atoms with Gasteiger partial charge in [0, 0.05) is 18.5 Å². The summed E-state index contributed by atoms with van der Waals surface area (Å²) in [4.78, 5) is 13.2. The number of aliphatic hydroxyl groups is 3. The quantitative estimate of drug-likeness (QED) is 0.258. The highest BCUT2D eigenvalue weighted by Crippen LogP contribution is 2.35. The van der Waals surface area contributed by atoms with E-state index in [1.165, 1.54) is 17.2 Å². The molecule has 0 aliphatic carbocycles. The number of aromatic nitrogens is 4. The summed E-state index contributed by atoms with van der Waals surface area (Å²) >= 11 is 0. The molecule has 1 aliphatic rings. The largest absolute Gasteiger partial charge is 0.497 e. The van der Waals surface area contributed by atoms with Crippen molar-refractivity contribution in [3.8, 4) is 11.5 Å². The van der Waals surface area contributed by atoms with Crippen LogP contribution in [0.15, 0.2) is 55.1 Å². The van der Waals surface area contributed by atoms with Gasteiger partial charge in [0.25, 0.3) is 0 Å². The molecule has 0 radical (unpaired) electrons. The Labute approximate surface area is 219 Å². The zero-order valence-corrected chi connectivity index (χ0v) is 21.4. The Morgan fingerprint density at radius 1 is 1.03 bits per heavy atom. The Kier molecular flexibility index (Phi) is 7.43. The maximum Gasteiger partial charge on any atom is 0.167 e. The molecule has 2 aromatic carbocycles. The first-order valence-electron chi connectivity index (χ1n) is 12.3. The zero-order chi connectivity index (χ0) is 26.8. The predicted molar refractivity (Wildman–Crippen MR) is 139 cm³/mol. The fourth-order valence-electron chi connectivity index (χ4n) is 4.89. The van der Waals surface area contributed by atoms with Crippen molar-refractivity contribution in [2.45, 2.75) is 37.4 Å². The number of imidazole rings is 1. The lowest BCUT2D eigenvalue weighted by atomic mass is 9.88. The van der Waals surface area contributed by atoms with Crippen LogP contribution in [0.4, 0.5) is 5.82 Å². The highest BCUT2D eigenvalue weighted by molar-refractivity contribution is 5.82. The standard InChI is InChI=1S/C27H31N5O6/c1-15-6-4-5-7-19(15)20(16-8-17(36-2)10-18(9-16)37-3)11-28-25-22-26(30-13-29-25)32(14-31-22)27-24(35)23(34)21(12-33)38-27/h4-10,13-14,20-21,23-24,27,33-35H,11-12H2,1-3H3,(H,28,29,30)/t20-,21-,23-,24-,27+/m0/s1. The molecule has 0 bridgehead atoms. The van der Waals surface area contributed by atoms with Gasteiger partial charge in [0.1, 0.15) is 36.1 Å². The third-order valence-corrected chi connectivity index (χ3v) is 6.96. The number of methoxy groups -OCH3 is 2. The van der Waals surface area contributed by atoms with Gasteiger partial charge >= 0.3 is 0 Å². The number of benzene rings is 2. The molecule has 4 aromatic rings. The molecule has 11 heteroatoms. The van der Waals surface area contributed by atoms with Crippen LogP contribution < -0.4 is 14.8 Å². The second-order valence-electron chi connectivity index (χ2n) is 9.21. The summed E-state index contributed by atoms with van der Waals surface area (Å²) in [7, 11) is 3.25. The molecule has 1 aliphatic heterocycles. The van der Waals surface area contributed by atoms with E-state index in [9.17, 15) is 15.3 Å². The molecule has 0 amide bonds. The smallest absolute Gasteiger partial charge is 0.167 e. The van der Waals surface area contributed by atoms with E-state index in [-0.39, 0.29) is 5.92 Å². The van der Waals surface area contributed by atoms with Gasteiger partial charge in [-0.05, 0) is 35.7 Å². The Morgan fingerprint density at radius 3 is 2.42 bits per heavy atom. The average molecular weight is 522 g/mol. The molecule has 1 saturated heterocycles. The Morgan fingerprint density at radius 2 is 1.76 bits per heavy atom. The molecule has 1 fully saturated rings. The third-order valence-electron chi connectivity index (χ3n) is 6.96. The number of nitrogens with zero attached hydrogens (tertiary/aromatic N) is 4. The minimum Gasteiger partial charge on any atom is -0.497 e. The maximum absolute atomic E-state index is 10.5. The maximum atomic E-state index is 10.5. The molecule has 5 rings (SSSR count). The van der Waals surface area contributed by atoms with Crippen LogP contribution in [-0.4, -0.2) is 80.5 Å². The first-order valence-corrected chi connectivity index (χ1v) is 12.3. The topological polar surface area (TPSA) is 144 Å². The van der Waals surface area contributed by atoms with Gasteiger partial charge in [-0.3, -0.25) is 4.57 Å². The zero-order valence-electron chi connectivity index (χ0n) is 21.4. The lowest BCUT2D eigenvalue weighted by Crippen LogP contribution is -2.33. The van der Waals surface area contributed by atoms with E-state index in [4.69, 9.17) is 14.2 Å². The number of hydrogen-bond donors (Lipinski definition) is 4. The molecular formula is C27H31N5O6. The summed E-state index contributed by atoms with van der Waals surface area (Å²) in [6.07, 6.45) is -1.43. The van der Waals surface area contributed by atoms with Crippen LogP contribution in [0, 0.1) is 6.92 Å². The van der Waals surface area contributed by atoms with E-state index in [2.05, 4.69) is 39.3 Å². The molecule has 11 nitrogen and oxygen atoms in total. The Balaban J connectivity index is 1.48. The van der Waals surface area contributed by atoms with Gasteiger partial charge in [-0.2, -0.15) is 0 Å². The first-order chi connectivity index (χ1) is 18.4. The highest BCUT2D eigenvalue weighted by Gasteiger charge is 2.44. The summed E-state index contributed by atoms with van der Waals surface area (Å²) in [6, 6.07) is 14.0. The van der Waals surface area contributed by atoms with E-state index in [1.807, 2.05) is 30.3 Å². The number of aryl methyl sites for hydroxylation is 1. The summed E-state index contributed by atoms with van der Waals surface area (Å²) < 4.78 is 18.2.